The summed E-state index contributed by atoms with van der Waals surface area (Å²) in [5, 5.41) is 2.55. The quantitative estimate of drug-likeness (QED) is 0.625. The molecule has 7 nitrogen and oxygen atoms in total. The summed E-state index contributed by atoms with van der Waals surface area (Å²) in [5.74, 6) is 0.139. The molecule has 1 aromatic rings. The van der Waals surface area contributed by atoms with E-state index in [1.807, 2.05) is 0 Å². The second-order valence-electron chi connectivity index (χ2n) is 4.19. The third-order valence-corrected chi connectivity index (χ3v) is 4.02. The van der Waals surface area contributed by atoms with Gasteiger partial charge >= 0.3 is 0 Å². The van der Waals surface area contributed by atoms with Crippen LogP contribution in [-0.4, -0.2) is 54.0 Å². The first-order valence-corrected chi connectivity index (χ1v) is 8.02. The predicted molar refractivity (Wildman–Crippen MR) is 79.0 cm³/mol. The van der Waals surface area contributed by atoms with Gasteiger partial charge in [0.05, 0.1) is 19.5 Å². The van der Waals surface area contributed by atoms with Crippen LogP contribution >= 0.6 is 0 Å². The van der Waals surface area contributed by atoms with Gasteiger partial charge in [0.25, 0.3) is 5.91 Å². The van der Waals surface area contributed by atoms with E-state index in [0.717, 1.165) is 0 Å². The van der Waals surface area contributed by atoms with Crippen molar-refractivity contribution in [1.82, 2.24) is 10.0 Å². The van der Waals surface area contributed by atoms with Crippen molar-refractivity contribution in [3.8, 4) is 5.75 Å². The van der Waals surface area contributed by atoms with E-state index in [9.17, 15) is 13.2 Å². The van der Waals surface area contributed by atoms with Gasteiger partial charge in [-0.05, 0) is 24.3 Å². The van der Waals surface area contributed by atoms with E-state index in [0.29, 0.717) is 17.9 Å². The summed E-state index contributed by atoms with van der Waals surface area (Å²) in [6.45, 7) is 0.551. The number of hydrogen-bond acceptors (Lipinski definition) is 5. The van der Waals surface area contributed by atoms with E-state index in [1.165, 1.54) is 14.2 Å². The first-order valence-electron chi connectivity index (χ1n) is 6.37. The van der Waals surface area contributed by atoms with Crippen molar-refractivity contribution in [3.63, 3.8) is 0 Å². The Morgan fingerprint density at radius 3 is 2.38 bits per heavy atom. The summed E-state index contributed by atoms with van der Waals surface area (Å²) >= 11 is 0. The Kier molecular flexibility index (Phi) is 7.13. The molecule has 1 aromatic carbocycles. The highest BCUT2D eigenvalue weighted by atomic mass is 32.2. The van der Waals surface area contributed by atoms with Gasteiger partial charge in [0.2, 0.25) is 10.0 Å². The van der Waals surface area contributed by atoms with Gasteiger partial charge in [-0.1, -0.05) is 0 Å². The van der Waals surface area contributed by atoms with Crippen LogP contribution in [0.5, 0.6) is 5.75 Å². The zero-order valence-corrected chi connectivity index (χ0v) is 12.9. The maximum absolute atomic E-state index is 11.8. The first kappa shape index (κ1) is 17.4. The van der Waals surface area contributed by atoms with Crippen molar-refractivity contribution in [2.45, 2.75) is 0 Å². The third kappa shape index (κ3) is 6.56. The average Bonchev–Trinajstić information content (AvgIpc) is 2.47. The lowest BCUT2D eigenvalue weighted by Crippen LogP contribution is -2.35. The molecule has 0 atom stereocenters. The number of hydrogen-bond donors (Lipinski definition) is 2. The van der Waals surface area contributed by atoms with Crippen LogP contribution in [0.4, 0.5) is 0 Å². The molecule has 0 aliphatic rings. The Morgan fingerprint density at radius 1 is 1.14 bits per heavy atom. The van der Waals surface area contributed by atoms with Gasteiger partial charge in [-0.3, -0.25) is 4.79 Å². The zero-order valence-electron chi connectivity index (χ0n) is 12.1. The normalized spacial score (nSPS) is 11.1. The molecule has 118 valence electrons. The number of ether oxygens (including phenoxy) is 2. The molecule has 0 unspecified atom stereocenters. The number of sulfonamides is 1. The van der Waals surface area contributed by atoms with Gasteiger partial charge in [0.15, 0.2) is 0 Å². The van der Waals surface area contributed by atoms with Gasteiger partial charge < -0.3 is 14.8 Å². The Labute approximate surface area is 124 Å². The lowest BCUT2D eigenvalue weighted by Gasteiger charge is -2.08. The Bertz CT molecular complexity index is 542. The van der Waals surface area contributed by atoms with Crippen LogP contribution < -0.4 is 14.8 Å². The maximum atomic E-state index is 11.8. The first-order chi connectivity index (χ1) is 9.98. The summed E-state index contributed by atoms with van der Waals surface area (Å²) in [7, 11) is -0.379. The highest BCUT2D eigenvalue weighted by Crippen LogP contribution is 2.10. The highest BCUT2D eigenvalue weighted by Gasteiger charge is 2.11. The van der Waals surface area contributed by atoms with E-state index < -0.39 is 10.0 Å². The Balaban J connectivity index is 2.38. The number of rotatable bonds is 9. The summed E-state index contributed by atoms with van der Waals surface area (Å²) in [6.07, 6.45) is 0. The number of carbonyl (C=O) groups excluding carboxylic acids is 1. The smallest absolute Gasteiger partial charge is 0.251 e. The fourth-order valence-electron chi connectivity index (χ4n) is 1.51. The Hall–Kier alpha value is -1.64. The summed E-state index contributed by atoms with van der Waals surface area (Å²) in [5.41, 5.74) is 0.445. The van der Waals surface area contributed by atoms with Crippen molar-refractivity contribution < 1.29 is 22.7 Å². The molecule has 2 N–H and O–H groups in total. The predicted octanol–water partition coefficient (Wildman–Crippen LogP) is -0.00920. The number of nitrogens with one attached hydrogen (secondary N) is 2. The molecule has 0 spiro atoms. The molecule has 0 radical (unpaired) electrons. The van der Waals surface area contributed by atoms with E-state index in [1.54, 1.807) is 24.3 Å². The van der Waals surface area contributed by atoms with Gasteiger partial charge in [-0.15, -0.1) is 0 Å². The molecular weight excluding hydrogens is 296 g/mol. The van der Waals surface area contributed by atoms with Crippen molar-refractivity contribution in [2.75, 3.05) is 39.7 Å². The second-order valence-corrected chi connectivity index (χ2v) is 6.12. The molecule has 0 fully saturated rings. The van der Waals surface area contributed by atoms with Crippen LogP contribution in [0.25, 0.3) is 0 Å². The lowest BCUT2D eigenvalue weighted by atomic mass is 10.2. The lowest BCUT2D eigenvalue weighted by molar-refractivity contribution is 0.0956. The number of carbonyl (C=O) groups is 1. The number of methoxy groups -OCH3 is 2. The molecule has 0 bridgehead atoms. The minimum absolute atomic E-state index is 0.0349. The fraction of sp³-hybridized carbons (Fsp3) is 0.462. The highest BCUT2D eigenvalue weighted by molar-refractivity contribution is 7.89. The molecule has 0 aliphatic heterocycles. The fourth-order valence-corrected chi connectivity index (χ4v) is 2.42. The molecule has 0 aromatic heterocycles. The second kappa shape index (κ2) is 8.60. The van der Waals surface area contributed by atoms with Crippen LogP contribution in [0.3, 0.4) is 0 Å². The molecule has 0 saturated carbocycles. The molecule has 0 aliphatic carbocycles. The van der Waals surface area contributed by atoms with E-state index in [-0.39, 0.29) is 24.7 Å². The van der Waals surface area contributed by atoms with Gasteiger partial charge in [0.1, 0.15) is 5.75 Å². The topological polar surface area (TPSA) is 93.7 Å². The van der Waals surface area contributed by atoms with E-state index in [2.05, 4.69) is 10.0 Å². The minimum Gasteiger partial charge on any atom is -0.497 e. The van der Waals surface area contributed by atoms with Crippen molar-refractivity contribution in [1.29, 1.82) is 0 Å². The Morgan fingerprint density at radius 2 is 1.81 bits per heavy atom. The number of amides is 1. The number of benzene rings is 1. The molecule has 8 heteroatoms. The van der Waals surface area contributed by atoms with Crippen LogP contribution in [0.15, 0.2) is 24.3 Å². The van der Waals surface area contributed by atoms with Gasteiger partial charge in [-0.25, -0.2) is 13.1 Å². The minimum atomic E-state index is -3.41. The summed E-state index contributed by atoms with van der Waals surface area (Å²) in [4.78, 5) is 11.8. The van der Waals surface area contributed by atoms with E-state index in [4.69, 9.17) is 9.47 Å². The van der Waals surface area contributed by atoms with Crippen LogP contribution in [-0.2, 0) is 14.8 Å². The molecular formula is C13H20N2O5S. The maximum Gasteiger partial charge on any atom is 0.251 e. The zero-order chi connectivity index (χ0) is 15.7. The molecule has 0 heterocycles. The van der Waals surface area contributed by atoms with Gasteiger partial charge in [-0.2, -0.15) is 0 Å². The third-order valence-electron chi connectivity index (χ3n) is 2.64. The molecule has 1 rings (SSSR count). The van der Waals surface area contributed by atoms with Crippen LogP contribution in [0, 0.1) is 0 Å². The van der Waals surface area contributed by atoms with Crippen molar-refractivity contribution in [3.05, 3.63) is 29.8 Å². The summed E-state index contributed by atoms with van der Waals surface area (Å²) < 4.78 is 35.3. The van der Waals surface area contributed by atoms with Crippen LogP contribution in [0.1, 0.15) is 10.4 Å². The SMILES string of the molecule is COCCNS(=O)(=O)CCNC(=O)c1ccc(OC)cc1. The van der Waals surface area contributed by atoms with Crippen molar-refractivity contribution >= 4 is 15.9 Å². The standard InChI is InChI=1S/C13H20N2O5S/c1-19-9-7-15-21(17,18)10-8-14-13(16)11-3-5-12(20-2)6-4-11/h3-6,15H,7-10H2,1-2H3,(H,14,16). The monoisotopic (exact) mass is 316 g/mol. The van der Waals surface area contributed by atoms with Crippen LogP contribution in [0.2, 0.25) is 0 Å². The molecule has 0 saturated heterocycles. The van der Waals surface area contributed by atoms with E-state index >= 15 is 0 Å². The molecule has 21 heavy (non-hydrogen) atoms. The summed E-state index contributed by atoms with van der Waals surface area (Å²) in [6, 6.07) is 6.55. The average molecular weight is 316 g/mol. The van der Waals surface area contributed by atoms with Gasteiger partial charge in [0, 0.05) is 25.8 Å². The van der Waals surface area contributed by atoms with Crippen molar-refractivity contribution in [2.24, 2.45) is 0 Å². The molecule has 1 amide bonds. The largest absolute Gasteiger partial charge is 0.497 e.